The Kier molecular flexibility index (Phi) is 4.44. The molecule has 2 aliphatic rings. The first kappa shape index (κ1) is 16.4. The lowest BCUT2D eigenvalue weighted by Gasteiger charge is -2.18. The molecule has 0 bridgehead atoms. The number of aryl methyl sites for hydroxylation is 2. The number of hydrogen-bond donors (Lipinski definition) is 0. The highest BCUT2D eigenvalue weighted by Crippen LogP contribution is 2.31. The lowest BCUT2D eigenvalue weighted by Crippen LogP contribution is -2.15. The molecule has 0 aromatic heterocycles. The quantitative estimate of drug-likeness (QED) is 0.624. The number of aliphatic imine (C=N–C) groups is 1. The molecule has 0 atom stereocenters. The summed E-state index contributed by atoms with van der Waals surface area (Å²) in [7, 11) is 0. The van der Waals surface area contributed by atoms with Gasteiger partial charge in [0, 0.05) is 6.42 Å². The summed E-state index contributed by atoms with van der Waals surface area (Å²) in [6.45, 7) is 3.15. The van der Waals surface area contributed by atoms with Crippen LogP contribution >= 0.6 is 0 Å². The fourth-order valence-electron chi connectivity index (χ4n) is 3.00. The van der Waals surface area contributed by atoms with Crippen LogP contribution in [-0.4, -0.2) is 25.1 Å². The van der Waals surface area contributed by atoms with E-state index in [1.165, 1.54) is 11.1 Å². The third kappa shape index (κ3) is 3.47. The second kappa shape index (κ2) is 7.04. The van der Waals surface area contributed by atoms with E-state index in [4.69, 9.17) is 14.2 Å². The van der Waals surface area contributed by atoms with Gasteiger partial charge in [0.25, 0.3) is 0 Å². The van der Waals surface area contributed by atoms with E-state index in [9.17, 15) is 4.79 Å². The van der Waals surface area contributed by atoms with Crippen molar-refractivity contribution in [1.29, 1.82) is 0 Å². The number of carbonyl (C=O) groups is 1. The molecule has 5 nitrogen and oxygen atoms in total. The lowest BCUT2D eigenvalue weighted by molar-refractivity contribution is -0.130. The maximum Gasteiger partial charge on any atom is 0.363 e. The van der Waals surface area contributed by atoms with Gasteiger partial charge in [-0.15, -0.1) is 0 Å². The Morgan fingerprint density at radius 2 is 1.85 bits per heavy atom. The summed E-state index contributed by atoms with van der Waals surface area (Å²) in [5.74, 6) is 1.44. The first-order chi connectivity index (χ1) is 12.7. The Bertz CT molecular complexity index is 914. The van der Waals surface area contributed by atoms with Gasteiger partial charge < -0.3 is 14.2 Å². The molecule has 2 aromatic carbocycles. The average molecular weight is 349 g/mol. The van der Waals surface area contributed by atoms with Crippen molar-refractivity contribution in [2.75, 3.05) is 13.2 Å². The fourth-order valence-corrected chi connectivity index (χ4v) is 3.00. The molecule has 26 heavy (non-hydrogen) atoms. The van der Waals surface area contributed by atoms with Crippen LogP contribution in [0.15, 0.2) is 53.2 Å². The first-order valence-electron chi connectivity index (χ1n) is 8.65. The van der Waals surface area contributed by atoms with Crippen LogP contribution in [0.5, 0.6) is 11.5 Å². The number of nitrogens with zero attached hydrogens (tertiary/aromatic N) is 1. The van der Waals surface area contributed by atoms with Gasteiger partial charge in [-0.3, -0.25) is 0 Å². The van der Waals surface area contributed by atoms with Crippen LogP contribution in [0.2, 0.25) is 0 Å². The van der Waals surface area contributed by atoms with E-state index >= 15 is 0 Å². The fraction of sp³-hybridized carbons (Fsp3) is 0.238. The number of carbonyl (C=O) groups excluding carboxylic acids is 1. The van der Waals surface area contributed by atoms with Crippen molar-refractivity contribution in [3.63, 3.8) is 0 Å². The summed E-state index contributed by atoms with van der Waals surface area (Å²) in [6.07, 6.45) is 3.09. The van der Waals surface area contributed by atoms with Gasteiger partial charge in [-0.25, -0.2) is 9.79 Å². The van der Waals surface area contributed by atoms with Gasteiger partial charge in [0.2, 0.25) is 0 Å². The third-order valence-electron chi connectivity index (χ3n) is 4.40. The normalized spacial score (nSPS) is 17.2. The Labute approximate surface area is 151 Å². The highest BCUT2D eigenvalue weighted by molar-refractivity contribution is 6.07. The van der Waals surface area contributed by atoms with Gasteiger partial charge >= 0.3 is 5.97 Å². The monoisotopic (exact) mass is 349 g/mol. The minimum atomic E-state index is -0.417. The van der Waals surface area contributed by atoms with Crippen LogP contribution in [0.25, 0.3) is 6.08 Å². The predicted octanol–water partition coefficient (Wildman–Crippen LogP) is 3.70. The molecule has 0 spiro atoms. The molecule has 0 saturated heterocycles. The Morgan fingerprint density at radius 3 is 2.69 bits per heavy atom. The van der Waals surface area contributed by atoms with Gasteiger partial charge in [-0.2, -0.15) is 0 Å². The number of fused-ring (bicyclic) bond motifs is 1. The van der Waals surface area contributed by atoms with Gasteiger partial charge in [-0.05, 0) is 48.2 Å². The molecule has 2 aliphatic heterocycles. The molecule has 0 fully saturated rings. The Morgan fingerprint density at radius 1 is 1.04 bits per heavy atom. The molecule has 0 saturated carbocycles. The second-order valence-electron chi connectivity index (χ2n) is 6.25. The van der Waals surface area contributed by atoms with Gasteiger partial charge in [0.1, 0.15) is 13.2 Å². The molecular formula is C21H19NO4. The highest BCUT2D eigenvalue weighted by atomic mass is 16.6. The first-order valence-corrected chi connectivity index (χ1v) is 8.65. The maximum atomic E-state index is 12.1. The number of ether oxygens (including phenoxy) is 3. The van der Waals surface area contributed by atoms with E-state index in [0.29, 0.717) is 37.0 Å². The van der Waals surface area contributed by atoms with Crippen molar-refractivity contribution < 1.29 is 19.0 Å². The van der Waals surface area contributed by atoms with E-state index in [1.807, 2.05) is 30.3 Å². The Balaban J connectivity index is 1.49. The van der Waals surface area contributed by atoms with Crippen LogP contribution in [-0.2, 0) is 16.0 Å². The van der Waals surface area contributed by atoms with E-state index in [2.05, 4.69) is 24.0 Å². The number of benzene rings is 2. The molecule has 0 amide bonds. The van der Waals surface area contributed by atoms with Crippen molar-refractivity contribution in [3.8, 4) is 11.5 Å². The molecule has 4 rings (SSSR count). The van der Waals surface area contributed by atoms with E-state index in [-0.39, 0.29) is 0 Å². The topological polar surface area (TPSA) is 57.1 Å². The SMILES string of the molecule is Cc1ccccc1CCC1=N/C(=C/c2ccc3c(c2)OCCO3)C(=O)O1. The molecule has 0 radical (unpaired) electrons. The number of rotatable bonds is 4. The maximum absolute atomic E-state index is 12.1. The van der Waals surface area contributed by atoms with Crippen molar-refractivity contribution >= 4 is 17.9 Å². The second-order valence-corrected chi connectivity index (χ2v) is 6.25. The molecule has 0 aliphatic carbocycles. The smallest absolute Gasteiger partial charge is 0.363 e. The molecular weight excluding hydrogens is 330 g/mol. The Hall–Kier alpha value is -3.08. The average Bonchev–Trinajstić information content (AvgIpc) is 3.00. The van der Waals surface area contributed by atoms with Crippen LogP contribution in [0.3, 0.4) is 0 Å². The lowest BCUT2D eigenvalue weighted by atomic mass is 10.0. The summed E-state index contributed by atoms with van der Waals surface area (Å²) >= 11 is 0. The van der Waals surface area contributed by atoms with E-state index in [0.717, 1.165) is 17.7 Å². The van der Waals surface area contributed by atoms with Crippen LogP contribution in [0.1, 0.15) is 23.1 Å². The predicted molar refractivity (Wildman–Crippen MR) is 98.4 cm³/mol. The molecule has 2 heterocycles. The van der Waals surface area contributed by atoms with Gasteiger partial charge in [0.05, 0.1) is 0 Å². The zero-order valence-electron chi connectivity index (χ0n) is 14.5. The number of hydrogen-bond acceptors (Lipinski definition) is 5. The number of esters is 1. The van der Waals surface area contributed by atoms with Crippen molar-refractivity contribution in [1.82, 2.24) is 0 Å². The van der Waals surface area contributed by atoms with Crippen LogP contribution < -0.4 is 9.47 Å². The molecule has 2 aromatic rings. The summed E-state index contributed by atoms with van der Waals surface area (Å²) < 4.78 is 16.4. The third-order valence-corrected chi connectivity index (χ3v) is 4.40. The summed E-state index contributed by atoms with van der Waals surface area (Å²) in [4.78, 5) is 16.5. The summed E-state index contributed by atoms with van der Waals surface area (Å²) in [5.41, 5.74) is 3.59. The molecule has 5 heteroatoms. The summed E-state index contributed by atoms with van der Waals surface area (Å²) in [5, 5.41) is 0. The zero-order valence-corrected chi connectivity index (χ0v) is 14.5. The van der Waals surface area contributed by atoms with Gasteiger partial charge in [-0.1, -0.05) is 30.3 Å². The number of cyclic esters (lactones) is 1. The highest BCUT2D eigenvalue weighted by Gasteiger charge is 2.23. The minimum absolute atomic E-state index is 0.307. The zero-order chi connectivity index (χ0) is 17.9. The largest absolute Gasteiger partial charge is 0.486 e. The molecule has 0 unspecified atom stereocenters. The summed E-state index contributed by atoms with van der Waals surface area (Å²) in [6, 6.07) is 13.7. The minimum Gasteiger partial charge on any atom is -0.486 e. The van der Waals surface area contributed by atoms with Crippen molar-refractivity contribution in [2.24, 2.45) is 4.99 Å². The molecule has 0 N–H and O–H groups in total. The van der Waals surface area contributed by atoms with Crippen molar-refractivity contribution in [2.45, 2.75) is 19.8 Å². The van der Waals surface area contributed by atoms with Crippen LogP contribution in [0, 0.1) is 6.92 Å². The standard InChI is InChI=1S/C21H19NO4/c1-14-4-2-3-5-16(14)7-9-20-22-17(21(23)26-20)12-15-6-8-18-19(13-15)25-11-10-24-18/h2-6,8,12-13H,7,9-11H2,1H3/b17-12+. The van der Waals surface area contributed by atoms with E-state index in [1.54, 1.807) is 6.08 Å². The van der Waals surface area contributed by atoms with Crippen LogP contribution in [0.4, 0.5) is 0 Å². The van der Waals surface area contributed by atoms with E-state index < -0.39 is 5.97 Å². The van der Waals surface area contributed by atoms with Gasteiger partial charge in [0.15, 0.2) is 23.1 Å². The van der Waals surface area contributed by atoms with Crippen molar-refractivity contribution in [3.05, 3.63) is 64.9 Å². The molecule has 132 valence electrons.